The Labute approximate surface area is 141 Å². The number of hydrogen-bond donors (Lipinski definition) is 2. The number of carbonyl (C=O) groups excluding carboxylic acids is 1. The van der Waals surface area contributed by atoms with Gasteiger partial charge >= 0.3 is 0 Å². The molecule has 0 radical (unpaired) electrons. The minimum absolute atomic E-state index is 0.0159. The van der Waals surface area contributed by atoms with E-state index in [2.05, 4.69) is 16.4 Å². The lowest BCUT2D eigenvalue weighted by atomic mass is 10.1. The van der Waals surface area contributed by atoms with Gasteiger partial charge in [-0.05, 0) is 62.3 Å². The van der Waals surface area contributed by atoms with Crippen LogP contribution >= 0.6 is 0 Å². The lowest BCUT2D eigenvalue weighted by molar-refractivity contribution is 0.0812. The molecule has 2 aromatic rings. The Kier molecular flexibility index (Phi) is 3.88. The number of aliphatic hydroxyl groups excluding tert-OH is 1. The maximum absolute atomic E-state index is 12.6. The summed E-state index contributed by atoms with van der Waals surface area (Å²) in [5.74, 6) is 0.807. The van der Waals surface area contributed by atoms with Gasteiger partial charge in [-0.2, -0.15) is 0 Å². The summed E-state index contributed by atoms with van der Waals surface area (Å²) in [5.41, 5.74) is 3.36. The summed E-state index contributed by atoms with van der Waals surface area (Å²) in [5, 5.41) is 13.7. The lowest BCUT2D eigenvalue weighted by Crippen LogP contribution is -2.42. The van der Waals surface area contributed by atoms with Crippen molar-refractivity contribution >= 4 is 5.91 Å². The number of hydrogen-bond acceptors (Lipinski definition) is 3. The van der Waals surface area contributed by atoms with Gasteiger partial charge in [0.05, 0.1) is 18.2 Å². The van der Waals surface area contributed by atoms with Crippen LogP contribution in [0, 0.1) is 6.92 Å². The summed E-state index contributed by atoms with van der Waals surface area (Å²) in [7, 11) is 0. The van der Waals surface area contributed by atoms with Gasteiger partial charge in [-0.1, -0.05) is 6.07 Å². The highest BCUT2D eigenvalue weighted by Gasteiger charge is 2.37. The molecule has 0 unspecified atom stereocenters. The Morgan fingerprint density at radius 3 is 2.92 bits per heavy atom. The molecule has 1 aromatic heterocycles. The molecule has 1 saturated carbocycles. The normalized spacial score (nSPS) is 25.7. The Morgan fingerprint density at radius 1 is 1.29 bits per heavy atom. The Balaban J connectivity index is 1.46. The molecule has 3 atom stereocenters. The number of aliphatic hydroxyl groups is 1. The van der Waals surface area contributed by atoms with E-state index in [1.807, 2.05) is 29.8 Å². The van der Waals surface area contributed by atoms with Gasteiger partial charge in [0.1, 0.15) is 5.82 Å². The van der Waals surface area contributed by atoms with Crippen molar-refractivity contribution in [2.24, 2.45) is 0 Å². The number of nitrogens with zero attached hydrogens (tertiary/aromatic N) is 2. The van der Waals surface area contributed by atoms with Crippen molar-refractivity contribution in [2.75, 3.05) is 0 Å². The number of amides is 1. The Hall–Kier alpha value is -2.14. The van der Waals surface area contributed by atoms with Crippen molar-refractivity contribution in [3.8, 4) is 0 Å². The van der Waals surface area contributed by atoms with Crippen LogP contribution in [0.25, 0.3) is 0 Å². The number of benzene rings is 1. The zero-order chi connectivity index (χ0) is 16.7. The first kappa shape index (κ1) is 15.4. The third-order valence-electron chi connectivity index (χ3n) is 5.48. The standard InChI is InChI=1S/C19H23N3O2/c1-12-20-9-10-22(12)17-8-7-16(18(17)23)21-19(24)15-6-5-13-3-2-4-14(13)11-15/h5-6,9-11,16-18,23H,2-4,7-8H2,1H3,(H,21,24)/t16-,17-,18-/m1/s1. The number of carbonyl (C=O) groups is 1. The quantitative estimate of drug-likeness (QED) is 0.909. The minimum Gasteiger partial charge on any atom is -0.389 e. The van der Waals surface area contributed by atoms with Gasteiger partial charge in [-0.25, -0.2) is 4.98 Å². The first-order valence-corrected chi connectivity index (χ1v) is 8.73. The minimum atomic E-state index is -0.587. The average molecular weight is 325 g/mol. The second-order valence-electron chi connectivity index (χ2n) is 6.93. The van der Waals surface area contributed by atoms with E-state index >= 15 is 0 Å². The van der Waals surface area contributed by atoms with Crippen LogP contribution in [-0.4, -0.2) is 32.7 Å². The molecule has 5 nitrogen and oxygen atoms in total. The molecule has 1 fully saturated rings. The number of rotatable bonds is 3. The van der Waals surface area contributed by atoms with Crippen LogP contribution in [0.4, 0.5) is 0 Å². The monoisotopic (exact) mass is 325 g/mol. The van der Waals surface area contributed by atoms with E-state index in [1.165, 1.54) is 17.5 Å². The number of aryl methyl sites for hydroxylation is 3. The van der Waals surface area contributed by atoms with Crippen molar-refractivity contribution < 1.29 is 9.90 Å². The lowest BCUT2D eigenvalue weighted by Gasteiger charge is -2.22. The maximum atomic E-state index is 12.6. The highest BCUT2D eigenvalue weighted by Crippen LogP contribution is 2.31. The van der Waals surface area contributed by atoms with Crippen LogP contribution in [0.1, 0.15) is 52.6 Å². The number of fused-ring (bicyclic) bond motifs is 1. The molecule has 2 aliphatic carbocycles. The second kappa shape index (κ2) is 6.06. The van der Waals surface area contributed by atoms with Gasteiger partial charge in [-0.15, -0.1) is 0 Å². The van der Waals surface area contributed by atoms with Gasteiger partial charge in [0, 0.05) is 18.0 Å². The summed E-state index contributed by atoms with van der Waals surface area (Å²) in [6.45, 7) is 1.93. The Morgan fingerprint density at radius 2 is 2.12 bits per heavy atom. The molecule has 24 heavy (non-hydrogen) atoms. The smallest absolute Gasteiger partial charge is 0.251 e. The molecule has 0 aliphatic heterocycles. The predicted octanol–water partition coefficient (Wildman–Crippen LogP) is 2.17. The van der Waals surface area contributed by atoms with E-state index in [9.17, 15) is 9.90 Å². The topological polar surface area (TPSA) is 67.2 Å². The van der Waals surface area contributed by atoms with Gasteiger partial charge in [0.15, 0.2) is 0 Å². The highest BCUT2D eigenvalue weighted by molar-refractivity contribution is 5.94. The number of imidazole rings is 1. The fourth-order valence-corrected chi connectivity index (χ4v) is 4.12. The molecule has 1 amide bonds. The van der Waals surface area contributed by atoms with Crippen LogP contribution in [-0.2, 0) is 12.8 Å². The summed E-state index contributed by atoms with van der Waals surface area (Å²) >= 11 is 0. The van der Waals surface area contributed by atoms with E-state index in [0.29, 0.717) is 5.56 Å². The van der Waals surface area contributed by atoms with Crippen LogP contribution in [0.15, 0.2) is 30.6 Å². The molecular formula is C19H23N3O2. The van der Waals surface area contributed by atoms with E-state index in [0.717, 1.165) is 31.5 Å². The molecule has 126 valence electrons. The fourth-order valence-electron chi connectivity index (χ4n) is 4.12. The third kappa shape index (κ3) is 2.63. The van der Waals surface area contributed by atoms with Gasteiger partial charge in [-0.3, -0.25) is 4.79 Å². The molecule has 2 aliphatic rings. The average Bonchev–Trinajstić information content (AvgIpc) is 3.28. The van der Waals surface area contributed by atoms with Crippen molar-refractivity contribution in [1.82, 2.24) is 14.9 Å². The molecule has 0 bridgehead atoms. The van der Waals surface area contributed by atoms with E-state index < -0.39 is 6.10 Å². The van der Waals surface area contributed by atoms with Gasteiger partial charge < -0.3 is 15.0 Å². The largest absolute Gasteiger partial charge is 0.389 e. The molecule has 0 saturated heterocycles. The molecule has 1 aromatic carbocycles. The van der Waals surface area contributed by atoms with Crippen LogP contribution in [0.5, 0.6) is 0 Å². The molecule has 2 N–H and O–H groups in total. The zero-order valence-corrected chi connectivity index (χ0v) is 13.9. The molecule has 1 heterocycles. The molecule has 4 rings (SSSR count). The van der Waals surface area contributed by atoms with Crippen LogP contribution < -0.4 is 5.32 Å². The zero-order valence-electron chi connectivity index (χ0n) is 13.9. The molecule has 5 heteroatoms. The van der Waals surface area contributed by atoms with Crippen molar-refractivity contribution in [3.05, 3.63) is 53.1 Å². The highest BCUT2D eigenvalue weighted by atomic mass is 16.3. The fraction of sp³-hybridized carbons (Fsp3) is 0.474. The summed E-state index contributed by atoms with van der Waals surface area (Å²) in [6, 6.07) is 5.75. The van der Waals surface area contributed by atoms with Crippen molar-refractivity contribution in [3.63, 3.8) is 0 Å². The first-order chi connectivity index (χ1) is 11.6. The van der Waals surface area contributed by atoms with Crippen LogP contribution in [0.2, 0.25) is 0 Å². The van der Waals surface area contributed by atoms with Gasteiger partial charge in [0.2, 0.25) is 0 Å². The number of aromatic nitrogens is 2. The van der Waals surface area contributed by atoms with E-state index in [1.54, 1.807) is 6.20 Å². The summed E-state index contributed by atoms with van der Waals surface area (Å²) < 4.78 is 2.01. The van der Waals surface area contributed by atoms with Crippen LogP contribution in [0.3, 0.4) is 0 Å². The maximum Gasteiger partial charge on any atom is 0.251 e. The van der Waals surface area contributed by atoms with Crippen molar-refractivity contribution in [2.45, 2.75) is 57.2 Å². The third-order valence-corrected chi connectivity index (χ3v) is 5.48. The predicted molar refractivity (Wildman–Crippen MR) is 91.0 cm³/mol. The van der Waals surface area contributed by atoms with E-state index in [-0.39, 0.29) is 18.0 Å². The first-order valence-electron chi connectivity index (χ1n) is 8.73. The van der Waals surface area contributed by atoms with E-state index in [4.69, 9.17) is 0 Å². The van der Waals surface area contributed by atoms with Gasteiger partial charge in [0.25, 0.3) is 5.91 Å². The SMILES string of the molecule is Cc1nccn1[C@@H]1CC[C@@H](NC(=O)c2ccc3c(c2)CCC3)[C@H]1O. The molecule has 0 spiro atoms. The summed E-state index contributed by atoms with van der Waals surface area (Å²) in [6.07, 6.45) is 8.03. The number of nitrogens with one attached hydrogen (secondary N) is 1. The Bertz CT molecular complexity index is 768. The van der Waals surface area contributed by atoms with Crippen molar-refractivity contribution in [1.29, 1.82) is 0 Å². The summed E-state index contributed by atoms with van der Waals surface area (Å²) in [4.78, 5) is 16.8. The second-order valence-corrected chi connectivity index (χ2v) is 6.93. The molecular weight excluding hydrogens is 302 g/mol.